The number of pyridine rings is 1. The summed E-state index contributed by atoms with van der Waals surface area (Å²) in [6.45, 7) is 7.19. The zero-order chi connectivity index (χ0) is 17.2. The van der Waals surface area contributed by atoms with Crippen LogP contribution in [0.15, 0.2) is 34.2 Å². The van der Waals surface area contributed by atoms with Crippen molar-refractivity contribution in [3.63, 3.8) is 0 Å². The molecular weight excluding hydrogens is 431 g/mol. The first-order valence-electron chi connectivity index (χ1n) is 8.93. The van der Waals surface area contributed by atoms with E-state index in [2.05, 4.69) is 24.2 Å². The molecule has 0 aliphatic carbocycles. The lowest BCUT2D eigenvalue weighted by molar-refractivity contribution is 0.181. The molecule has 1 unspecified atom stereocenters. The molecule has 0 bridgehead atoms. The van der Waals surface area contributed by atoms with Crippen LogP contribution in [0, 0.1) is 5.92 Å². The van der Waals surface area contributed by atoms with Gasteiger partial charge in [-0.15, -0.1) is 24.0 Å². The largest absolute Gasteiger partial charge is 0.381 e. The summed E-state index contributed by atoms with van der Waals surface area (Å²) in [7, 11) is 2.09. The van der Waals surface area contributed by atoms with E-state index in [-0.39, 0.29) is 29.5 Å². The minimum absolute atomic E-state index is 0. The number of halogens is 1. The van der Waals surface area contributed by atoms with Gasteiger partial charge in [0.25, 0.3) is 0 Å². The van der Waals surface area contributed by atoms with Crippen molar-refractivity contribution in [3.8, 4) is 0 Å². The van der Waals surface area contributed by atoms with E-state index in [4.69, 9.17) is 9.73 Å². The Labute approximate surface area is 167 Å². The van der Waals surface area contributed by atoms with E-state index in [0.29, 0.717) is 5.92 Å². The summed E-state index contributed by atoms with van der Waals surface area (Å²) in [5.41, 5.74) is 0.0628. The Bertz CT molecular complexity index is 570. The number of nitrogens with zero attached hydrogens (tertiary/aromatic N) is 3. The third kappa shape index (κ3) is 7.77. The lowest BCUT2D eigenvalue weighted by Crippen LogP contribution is -2.41. The first-order valence-corrected chi connectivity index (χ1v) is 8.93. The molecule has 0 spiro atoms. The van der Waals surface area contributed by atoms with Crippen molar-refractivity contribution in [1.82, 2.24) is 14.8 Å². The summed E-state index contributed by atoms with van der Waals surface area (Å²) in [5, 5.41) is 3.35. The molecule has 1 N–H and O–H groups in total. The van der Waals surface area contributed by atoms with Crippen LogP contribution < -0.4 is 10.9 Å². The molecule has 1 saturated heterocycles. The number of guanidine groups is 1. The third-order valence-corrected chi connectivity index (χ3v) is 4.22. The van der Waals surface area contributed by atoms with Crippen LogP contribution >= 0.6 is 24.0 Å². The molecule has 0 amide bonds. The third-order valence-electron chi connectivity index (χ3n) is 4.22. The first kappa shape index (κ1) is 22.0. The van der Waals surface area contributed by atoms with Gasteiger partial charge in [0.15, 0.2) is 5.96 Å². The second-order valence-corrected chi connectivity index (χ2v) is 6.29. The summed E-state index contributed by atoms with van der Waals surface area (Å²) >= 11 is 0. The van der Waals surface area contributed by atoms with Crippen molar-refractivity contribution in [3.05, 3.63) is 34.7 Å². The fourth-order valence-electron chi connectivity index (χ4n) is 2.90. The van der Waals surface area contributed by atoms with Crippen LogP contribution in [-0.2, 0) is 11.3 Å². The Balaban J connectivity index is 0.00000312. The average molecular weight is 462 g/mol. The maximum atomic E-state index is 11.6. The zero-order valence-electron chi connectivity index (χ0n) is 15.3. The van der Waals surface area contributed by atoms with Crippen molar-refractivity contribution in [2.75, 3.05) is 39.9 Å². The topological polar surface area (TPSA) is 58.9 Å². The SMILES string of the molecule is CCNC(=NCCCCn1ccccc1=O)N(C)CC1CCOC1.I. The molecule has 1 aliphatic heterocycles. The Morgan fingerprint density at radius 1 is 1.44 bits per heavy atom. The minimum Gasteiger partial charge on any atom is -0.381 e. The van der Waals surface area contributed by atoms with E-state index in [0.717, 1.165) is 64.6 Å². The second-order valence-electron chi connectivity index (χ2n) is 6.29. The van der Waals surface area contributed by atoms with E-state index in [1.807, 2.05) is 12.3 Å². The molecule has 0 saturated carbocycles. The van der Waals surface area contributed by atoms with Gasteiger partial charge in [-0.1, -0.05) is 6.07 Å². The van der Waals surface area contributed by atoms with Crippen molar-refractivity contribution in [2.45, 2.75) is 32.7 Å². The normalized spacial score (nSPS) is 17.2. The molecule has 1 atom stereocenters. The highest BCUT2D eigenvalue weighted by molar-refractivity contribution is 14.0. The van der Waals surface area contributed by atoms with E-state index < -0.39 is 0 Å². The molecule has 2 heterocycles. The molecule has 2 rings (SSSR count). The first-order chi connectivity index (χ1) is 11.7. The van der Waals surface area contributed by atoms with Gasteiger partial charge < -0.3 is 19.5 Å². The van der Waals surface area contributed by atoms with E-state index in [1.165, 1.54) is 0 Å². The van der Waals surface area contributed by atoms with Gasteiger partial charge in [0.1, 0.15) is 0 Å². The van der Waals surface area contributed by atoms with Crippen molar-refractivity contribution >= 4 is 29.9 Å². The Hall–Kier alpha value is -1.09. The number of aliphatic imine (C=N–C) groups is 1. The number of hydrogen-bond donors (Lipinski definition) is 1. The van der Waals surface area contributed by atoms with Crippen LogP contribution in [0.5, 0.6) is 0 Å². The number of rotatable bonds is 8. The number of unbranched alkanes of at least 4 members (excludes halogenated alkanes) is 1. The lowest BCUT2D eigenvalue weighted by Gasteiger charge is -2.24. The Morgan fingerprint density at radius 3 is 2.96 bits per heavy atom. The number of hydrogen-bond acceptors (Lipinski definition) is 3. The highest BCUT2D eigenvalue weighted by Crippen LogP contribution is 2.13. The van der Waals surface area contributed by atoms with Gasteiger partial charge in [-0.2, -0.15) is 0 Å². The molecule has 142 valence electrons. The Morgan fingerprint density at radius 2 is 2.28 bits per heavy atom. The van der Waals surface area contributed by atoms with Gasteiger partial charge in [-0.3, -0.25) is 9.79 Å². The van der Waals surface area contributed by atoms with Crippen LogP contribution in [0.3, 0.4) is 0 Å². The van der Waals surface area contributed by atoms with Crippen molar-refractivity contribution < 1.29 is 4.74 Å². The molecule has 0 aromatic carbocycles. The van der Waals surface area contributed by atoms with E-state index in [9.17, 15) is 4.79 Å². The van der Waals surface area contributed by atoms with Gasteiger partial charge in [-0.05, 0) is 32.3 Å². The Kier molecular flexibility index (Phi) is 10.8. The molecule has 1 fully saturated rings. The molecule has 6 nitrogen and oxygen atoms in total. The fourth-order valence-corrected chi connectivity index (χ4v) is 2.90. The van der Waals surface area contributed by atoms with Crippen molar-refractivity contribution in [1.29, 1.82) is 0 Å². The minimum atomic E-state index is 0. The zero-order valence-corrected chi connectivity index (χ0v) is 17.6. The predicted octanol–water partition coefficient (Wildman–Crippen LogP) is 2.18. The van der Waals surface area contributed by atoms with Gasteiger partial charge in [0, 0.05) is 58.0 Å². The highest BCUT2D eigenvalue weighted by atomic mass is 127. The maximum absolute atomic E-state index is 11.6. The lowest BCUT2D eigenvalue weighted by atomic mass is 10.1. The van der Waals surface area contributed by atoms with E-state index in [1.54, 1.807) is 16.7 Å². The van der Waals surface area contributed by atoms with Crippen molar-refractivity contribution in [2.24, 2.45) is 10.9 Å². The predicted molar refractivity (Wildman–Crippen MR) is 113 cm³/mol. The summed E-state index contributed by atoms with van der Waals surface area (Å²) < 4.78 is 7.20. The van der Waals surface area contributed by atoms with Gasteiger partial charge >= 0.3 is 0 Å². The molecule has 7 heteroatoms. The van der Waals surface area contributed by atoms with Crippen LogP contribution in [0.4, 0.5) is 0 Å². The monoisotopic (exact) mass is 462 g/mol. The second kappa shape index (κ2) is 12.3. The van der Waals surface area contributed by atoms with Crippen LogP contribution in [0.1, 0.15) is 26.2 Å². The quantitative estimate of drug-likeness (QED) is 0.279. The molecule has 25 heavy (non-hydrogen) atoms. The summed E-state index contributed by atoms with van der Waals surface area (Å²) in [6.07, 6.45) is 4.90. The molecule has 0 radical (unpaired) electrons. The van der Waals surface area contributed by atoms with Crippen LogP contribution in [-0.4, -0.2) is 55.3 Å². The summed E-state index contributed by atoms with van der Waals surface area (Å²) in [6, 6.07) is 5.27. The molecule has 1 aromatic heterocycles. The number of aryl methyl sites for hydroxylation is 1. The molecular formula is C18H31IN4O2. The van der Waals surface area contributed by atoms with Gasteiger partial charge in [0.05, 0.1) is 6.61 Å². The van der Waals surface area contributed by atoms with Crippen LogP contribution in [0.2, 0.25) is 0 Å². The number of ether oxygens (including phenoxy) is 1. The number of aromatic nitrogens is 1. The molecule has 1 aliphatic rings. The summed E-state index contributed by atoms with van der Waals surface area (Å²) in [5.74, 6) is 1.56. The molecule has 1 aromatic rings. The van der Waals surface area contributed by atoms with E-state index >= 15 is 0 Å². The highest BCUT2D eigenvalue weighted by Gasteiger charge is 2.18. The van der Waals surface area contributed by atoms with Gasteiger partial charge in [-0.25, -0.2) is 0 Å². The number of nitrogens with one attached hydrogen (secondary N) is 1. The average Bonchev–Trinajstić information content (AvgIpc) is 3.08. The standard InChI is InChI=1S/C18H30N4O2.HI/c1-3-19-18(21(2)14-16-9-13-24-15-16)20-10-5-7-12-22-11-6-4-8-17(22)23;/h4,6,8,11,16H,3,5,7,9-10,12-15H2,1-2H3,(H,19,20);1H. The maximum Gasteiger partial charge on any atom is 0.250 e. The summed E-state index contributed by atoms with van der Waals surface area (Å²) in [4.78, 5) is 18.6. The van der Waals surface area contributed by atoms with Gasteiger partial charge in [0.2, 0.25) is 5.56 Å². The fraction of sp³-hybridized carbons (Fsp3) is 0.667. The smallest absolute Gasteiger partial charge is 0.250 e. The van der Waals surface area contributed by atoms with Crippen LogP contribution in [0.25, 0.3) is 0 Å².